The van der Waals surface area contributed by atoms with Gasteiger partial charge in [0.05, 0.1) is 12.1 Å². The molecule has 2 aliphatic rings. The zero-order valence-corrected chi connectivity index (χ0v) is 19.2. The fraction of sp³-hybridized carbons (Fsp3) is 0.667. The predicted molar refractivity (Wildman–Crippen MR) is 114 cm³/mol. The summed E-state index contributed by atoms with van der Waals surface area (Å²) in [4.78, 5) is 54.8. The number of allylic oxidation sites excluding steroid dienone is 1. The number of carbonyl (C=O) groups is 4. The third kappa shape index (κ3) is 7.01. The van der Waals surface area contributed by atoms with Gasteiger partial charge in [0, 0.05) is 41.6 Å². The number of esters is 3. The van der Waals surface area contributed by atoms with Crippen LogP contribution in [0.5, 0.6) is 0 Å². The van der Waals surface area contributed by atoms with Crippen LogP contribution in [0.25, 0.3) is 31.3 Å². The Balaban J connectivity index is 2.58. The minimum atomic E-state index is -1.62. The van der Waals surface area contributed by atoms with Crippen LogP contribution in [-0.2, 0) is 42.9 Å². The van der Waals surface area contributed by atoms with Crippen LogP contribution in [0, 0.1) is 0 Å². The highest BCUT2D eigenvalue weighted by Gasteiger charge is 2.51. The van der Waals surface area contributed by atoms with Gasteiger partial charge in [-0.3, -0.25) is 19.2 Å². The van der Waals surface area contributed by atoms with Crippen molar-refractivity contribution in [3.63, 3.8) is 0 Å². The molecule has 1 heterocycles. The molecule has 8 atom stereocenters. The molecule has 18 heteroatoms. The highest BCUT2D eigenvalue weighted by molar-refractivity contribution is 5.71. The summed E-state index contributed by atoms with van der Waals surface area (Å²) in [5.41, 5.74) is 27.1. The maximum atomic E-state index is 11.9. The lowest BCUT2D eigenvalue weighted by Crippen LogP contribution is -2.60. The number of hydrogen-bond donors (Lipinski definition) is 0. The minimum Gasteiger partial charge on any atom is -0.461 e. The monoisotopic (exact) mass is 507 g/mol. The fourth-order valence-electron chi connectivity index (χ4n) is 3.79. The van der Waals surface area contributed by atoms with Gasteiger partial charge in [-0.25, -0.2) is 0 Å². The average molecular weight is 507 g/mol. The van der Waals surface area contributed by atoms with E-state index < -0.39 is 66.7 Å². The lowest BCUT2D eigenvalue weighted by Gasteiger charge is -2.44. The highest BCUT2D eigenvalue weighted by Crippen LogP contribution is 2.35. The Labute approximate surface area is 202 Å². The Morgan fingerprint density at radius 2 is 1.42 bits per heavy atom. The molecule has 0 aromatic carbocycles. The molecule has 1 saturated carbocycles. The van der Waals surface area contributed by atoms with Crippen LogP contribution < -0.4 is 0 Å². The molecule has 0 spiro atoms. The smallest absolute Gasteiger partial charge is 0.303 e. The zero-order valence-electron chi connectivity index (χ0n) is 19.2. The number of rotatable bonds is 9. The molecule has 1 fully saturated rings. The molecule has 0 saturated heterocycles. The first-order valence-electron chi connectivity index (χ1n) is 10.3. The summed E-state index contributed by atoms with van der Waals surface area (Å²) in [6.45, 7) is 3.20. The second-order valence-electron chi connectivity index (χ2n) is 7.47. The van der Waals surface area contributed by atoms with Crippen LogP contribution >= 0.6 is 0 Å². The molecule has 0 radical (unpaired) electrons. The molecular formula is C18H21N9O9. The molecule has 1 aliphatic heterocycles. The van der Waals surface area contributed by atoms with Crippen LogP contribution in [0.1, 0.15) is 27.2 Å². The van der Waals surface area contributed by atoms with Crippen molar-refractivity contribution >= 4 is 24.2 Å². The van der Waals surface area contributed by atoms with Gasteiger partial charge >= 0.3 is 17.9 Å². The van der Waals surface area contributed by atoms with E-state index in [2.05, 4.69) is 30.1 Å². The average Bonchev–Trinajstić information content (AvgIpc) is 2.79. The first-order chi connectivity index (χ1) is 17.1. The van der Waals surface area contributed by atoms with E-state index in [1.807, 2.05) is 0 Å². The van der Waals surface area contributed by atoms with Crippen molar-refractivity contribution in [3.8, 4) is 0 Å². The van der Waals surface area contributed by atoms with Crippen LogP contribution in [0.4, 0.5) is 0 Å². The second-order valence-corrected chi connectivity index (χ2v) is 7.47. The van der Waals surface area contributed by atoms with Crippen molar-refractivity contribution in [1.82, 2.24) is 0 Å². The van der Waals surface area contributed by atoms with Crippen molar-refractivity contribution in [3.05, 3.63) is 43.2 Å². The van der Waals surface area contributed by atoms with Crippen LogP contribution in [0.2, 0.25) is 0 Å². The molecule has 2 rings (SSSR count). The Morgan fingerprint density at radius 1 is 0.889 bits per heavy atom. The Morgan fingerprint density at radius 3 is 1.92 bits per heavy atom. The van der Waals surface area contributed by atoms with Crippen molar-refractivity contribution in [2.45, 2.75) is 76.0 Å². The maximum Gasteiger partial charge on any atom is 0.303 e. The molecule has 0 bridgehead atoms. The first kappa shape index (κ1) is 27.8. The summed E-state index contributed by atoms with van der Waals surface area (Å²) in [6, 6.07) is -3.69. The van der Waals surface area contributed by atoms with Gasteiger partial charge in [0.1, 0.15) is 24.4 Å². The van der Waals surface area contributed by atoms with Gasteiger partial charge in [-0.2, -0.15) is 0 Å². The minimum absolute atomic E-state index is 0.211. The quantitative estimate of drug-likeness (QED) is 0.110. The van der Waals surface area contributed by atoms with E-state index in [4.69, 9.17) is 40.3 Å². The maximum absolute atomic E-state index is 11.9. The Hall–Kier alpha value is -4.49. The summed E-state index contributed by atoms with van der Waals surface area (Å²) in [5.74, 6) is -2.76. The second kappa shape index (κ2) is 12.8. The van der Waals surface area contributed by atoms with Crippen LogP contribution in [0.15, 0.2) is 27.2 Å². The molecule has 1 aliphatic carbocycles. The third-order valence-corrected chi connectivity index (χ3v) is 4.98. The molecular weight excluding hydrogens is 486 g/mol. The number of ether oxygens (including phenoxy) is 5. The predicted octanol–water partition coefficient (Wildman–Crippen LogP) is 2.05. The van der Waals surface area contributed by atoms with Gasteiger partial charge in [-0.15, -0.1) is 0 Å². The summed E-state index contributed by atoms with van der Waals surface area (Å²) < 4.78 is 27.0. The van der Waals surface area contributed by atoms with Gasteiger partial charge < -0.3 is 23.7 Å². The third-order valence-electron chi connectivity index (χ3n) is 4.98. The molecule has 0 aromatic rings. The van der Waals surface area contributed by atoms with Gasteiger partial charge in [-0.1, -0.05) is 15.3 Å². The van der Waals surface area contributed by atoms with Crippen molar-refractivity contribution in [2.75, 3.05) is 0 Å². The van der Waals surface area contributed by atoms with Gasteiger partial charge in [0.15, 0.2) is 18.1 Å². The van der Waals surface area contributed by atoms with E-state index in [0.29, 0.717) is 0 Å². The van der Waals surface area contributed by atoms with Crippen LogP contribution in [0.3, 0.4) is 0 Å². The summed E-state index contributed by atoms with van der Waals surface area (Å²) in [5, 5.41) is 10.7. The first-order valence-corrected chi connectivity index (χ1v) is 10.3. The van der Waals surface area contributed by atoms with E-state index in [9.17, 15) is 19.2 Å². The molecule has 0 aromatic heterocycles. The normalized spacial score (nSPS) is 30.9. The number of carbonyl (C=O) groups excluding carboxylic acids is 4. The number of nitrogens with zero attached hydrogens (tertiary/aromatic N) is 9. The van der Waals surface area contributed by atoms with Crippen molar-refractivity contribution < 1.29 is 42.9 Å². The molecule has 192 valence electrons. The molecule has 0 amide bonds. The molecule has 6 unspecified atom stereocenters. The van der Waals surface area contributed by atoms with Gasteiger partial charge in [-0.05, 0) is 23.0 Å². The molecule has 0 N–H and O–H groups in total. The van der Waals surface area contributed by atoms with Crippen molar-refractivity contribution in [1.29, 1.82) is 0 Å². The van der Waals surface area contributed by atoms with Gasteiger partial charge in [0.25, 0.3) is 0 Å². The molecule has 36 heavy (non-hydrogen) atoms. The van der Waals surface area contributed by atoms with E-state index in [1.165, 1.54) is 0 Å². The lowest BCUT2D eigenvalue weighted by molar-refractivity contribution is -0.235. The molecule has 18 nitrogen and oxygen atoms in total. The van der Waals surface area contributed by atoms with Gasteiger partial charge in [0.2, 0.25) is 6.29 Å². The number of azide groups is 3. The Bertz CT molecular complexity index is 1060. The van der Waals surface area contributed by atoms with E-state index >= 15 is 0 Å². The van der Waals surface area contributed by atoms with E-state index in [0.717, 1.165) is 26.8 Å². The standard InChI is InChI=1S/C18H21N9O9/c1-7(29)32-13-4-10(6-28)35-18(14(13)24-27-21)36-16-12(23-26-20)5-11(22-25-19)15(33-8(2)30)17(16)34-9(3)31/h4,6,11-18H,5H2,1-3H3/t11?,12?,13?,14?,15?,16-,17?,18-/m1/s1. The topological polar surface area (TPSA) is 261 Å². The largest absolute Gasteiger partial charge is 0.461 e. The van der Waals surface area contributed by atoms with Crippen molar-refractivity contribution in [2.24, 2.45) is 15.3 Å². The van der Waals surface area contributed by atoms with E-state index in [1.54, 1.807) is 0 Å². The highest BCUT2D eigenvalue weighted by atomic mass is 16.7. The summed E-state index contributed by atoms with van der Waals surface area (Å²) in [7, 11) is 0. The summed E-state index contributed by atoms with van der Waals surface area (Å²) in [6.07, 6.45) is -6.03. The lowest BCUT2D eigenvalue weighted by atomic mass is 9.84. The zero-order chi connectivity index (χ0) is 26.8. The van der Waals surface area contributed by atoms with E-state index in [-0.39, 0.29) is 18.5 Å². The fourth-order valence-corrected chi connectivity index (χ4v) is 3.79. The SMILES string of the molecule is CC(=O)OC1C=C(C=O)O[C@H](O[C@@H]2C(N=[N+]=[N-])CC(N=[N+]=[N-])C(OC(C)=O)C2OC(C)=O)C1N=[N+]=[N-]. The summed E-state index contributed by atoms with van der Waals surface area (Å²) >= 11 is 0. The number of hydrogen-bond acceptors (Lipinski definition) is 12. The Kier molecular flexibility index (Phi) is 9.89. The number of aldehydes is 1. The van der Waals surface area contributed by atoms with Crippen LogP contribution in [-0.4, -0.2) is 73.0 Å².